The van der Waals surface area contributed by atoms with Gasteiger partial charge in [0.15, 0.2) is 0 Å². The summed E-state index contributed by atoms with van der Waals surface area (Å²) in [5.74, 6) is 6.62. The highest BCUT2D eigenvalue weighted by molar-refractivity contribution is 5.90. The molecule has 2 fully saturated rings. The van der Waals surface area contributed by atoms with Crippen molar-refractivity contribution in [1.82, 2.24) is 0 Å². The number of hydrogen-bond acceptors (Lipinski definition) is 4. The Labute approximate surface area is 208 Å². The molecule has 7 unspecified atom stereocenters. The highest BCUT2D eigenvalue weighted by Gasteiger charge is 2.65. The van der Waals surface area contributed by atoms with E-state index in [9.17, 15) is 9.59 Å². The van der Waals surface area contributed by atoms with E-state index in [-0.39, 0.29) is 41.5 Å². The van der Waals surface area contributed by atoms with Gasteiger partial charge in [-0.1, -0.05) is 60.1 Å². The molecule has 0 saturated heterocycles. The van der Waals surface area contributed by atoms with Gasteiger partial charge in [-0.15, -0.1) is 5.92 Å². The van der Waals surface area contributed by atoms with E-state index in [1.54, 1.807) is 25.1 Å². The molecule has 0 aromatic heterocycles. The van der Waals surface area contributed by atoms with E-state index in [0.717, 1.165) is 6.42 Å². The van der Waals surface area contributed by atoms with Gasteiger partial charge in [0.1, 0.15) is 12.2 Å². The van der Waals surface area contributed by atoms with Crippen LogP contribution >= 0.6 is 0 Å². The fourth-order valence-corrected chi connectivity index (χ4v) is 6.40. The lowest BCUT2D eigenvalue weighted by atomic mass is 9.72. The van der Waals surface area contributed by atoms with E-state index >= 15 is 0 Å². The molecule has 0 heterocycles. The molecule has 4 nitrogen and oxygen atoms in total. The monoisotopic (exact) mass is 470 g/mol. The zero-order chi connectivity index (χ0) is 25.1. The van der Waals surface area contributed by atoms with E-state index < -0.39 is 12.2 Å². The zero-order valence-corrected chi connectivity index (χ0v) is 21.2. The number of hydrogen-bond donors (Lipinski definition) is 0. The molecule has 0 N–H and O–H groups in total. The van der Waals surface area contributed by atoms with Gasteiger partial charge in [-0.2, -0.15) is 0 Å². The summed E-state index contributed by atoms with van der Waals surface area (Å²) in [7, 11) is 0. The van der Waals surface area contributed by atoms with Gasteiger partial charge in [-0.25, -0.2) is 9.59 Å². The third-order valence-electron chi connectivity index (χ3n) is 7.76. The van der Waals surface area contributed by atoms with Crippen molar-refractivity contribution in [3.63, 3.8) is 0 Å². The summed E-state index contributed by atoms with van der Waals surface area (Å²) in [5, 5.41) is 0. The van der Waals surface area contributed by atoms with Crippen LogP contribution in [0.25, 0.3) is 0 Å². The smallest absolute Gasteiger partial charge is 0.338 e. The highest BCUT2D eigenvalue weighted by Crippen LogP contribution is 2.63. The Kier molecular flexibility index (Phi) is 7.45. The number of rotatable bonds is 6. The summed E-state index contributed by atoms with van der Waals surface area (Å²) in [5.41, 5.74) is 3.61. The van der Waals surface area contributed by atoms with Crippen LogP contribution in [0.3, 0.4) is 0 Å². The van der Waals surface area contributed by atoms with Gasteiger partial charge in [0.2, 0.25) is 0 Å². The van der Waals surface area contributed by atoms with Crippen LogP contribution in [0.15, 0.2) is 77.4 Å². The Morgan fingerprint density at radius 1 is 1.03 bits per heavy atom. The van der Waals surface area contributed by atoms with Crippen LogP contribution in [-0.4, -0.2) is 24.1 Å². The van der Waals surface area contributed by atoms with Crippen LogP contribution in [0.4, 0.5) is 0 Å². The summed E-state index contributed by atoms with van der Waals surface area (Å²) in [6.07, 6.45) is 9.55. The molecule has 0 spiro atoms. The van der Waals surface area contributed by atoms with Crippen molar-refractivity contribution in [2.75, 3.05) is 0 Å². The van der Waals surface area contributed by atoms with Crippen molar-refractivity contribution in [3.8, 4) is 11.8 Å². The van der Waals surface area contributed by atoms with Crippen LogP contribution < -0.4 is 0 Å². The van der Waals surface area contributed by atoms with E-state index in [1.807, 2.05) is 51.1 Å². The minimum absolute atomic E-state index is 0.0823. The first-order valence-corrected chi connectivity index (χ1v) is 12.4. The average Bonchev–Trinajstić information content (AvgIpc) is 3.49. The summed E-state index contributed by atoms with van der Waals surface area (Å²) in [6.45, 7) is 9.74. The highest BCUT2D eigenvalue weighted by atomic mass is 16.6. The molecule has 1 aromatic carbocycles. The molecule has 0 aliphatic heterocycles. The first kappa shape index (κ1) is 24.8. The second-order valence-corrected chi connectivity index (χ2v) is 9.66. The number of fused-ring (bicyclic) bond motifs is 5. The van der Waals surface area contributed by atoms with Crippen LogP contribution in [0, 0.1) is 41.4 Å². The van der Waals surface area contributed by atoms with Crippen molar-refractivity contribution in [2.24, 2.45) is 29.6 Å². The second-order valence-electron chi connectivity index (χ2n) is 9.66. The average molecular weight is 471 g/mol. The molecule has 3 aliphatic rings. The van der Waals surface area contributed by atoms with Gasteiger partial charge < -0.3 is 9.47 Å². The molecular weight excluding hydrogens is 436 g/mol. The predicted octanol–water partition coefficient (Wildman–Crippen LogP) is 6.07. The van der Waals surface area contributed by atoms with Crippen LogP contribution in [0.1, 0.15) is 51.4 Å². The van der Waals surface area contributed by atoms with E-state index in [0.29, 0.717) is 11.1 Å². The standard InChI is InChI=1S/C31H34O4/c1-6-9-15-19(4)30(32)34-28-24-18-25(29(28)35-31(33)21-16-11-10-12-17-21)27-23(14-8-3)22(13-7-2)20(5)26(24)27/h6-7,9-13,15-17,23-29H,18H2,1-5H3/b9-6-,13-7-,19-15+. The summed E-state index contributed by atoms with van der Waals surface area (Å²) < 4.78 is 12.2. The Balaban J connectivity index is 1.69. The fraction of sp³-hybridized carbons (Fsp3) is 0.419. The van der Waals surface area contributed by atoms with Crippen LogP contribution in [0.2, 0.25) is 0 Å². The fourth-order valence-electron chi connectivity index (χ4n) is 6.40. The molecule has 4 rings (SSSR count). The number of carbonyl (C=O) groups excluding carboxylic acids is 2. The SMILES string of the molecule is CC#CC1C(/C=C\C)=C(C)C2C3CC(C(OC(=O)c4ccccc4)C3OC(=O)/C(C)=C/C=C\C)C12. The van der Waals surface area contributed by atoms with Gasteiger partial charge in [0, 0.05) is 23.3 Å². The Morgan fingerprint density at radius 3 is 2.40 bits per heavy atom. The second kappa shape index (κ2) is 10.5. The van der Waals surface area contributed by atoms with Gasteiger partial charge >= 0.3 is 11.9 Å². The molecule has 0 amide bonds. The quantitative estimate of drug-likeness (QED) is 0.219. The maximum absolute atomic E-state index is 13.1. The number of esters is 2. The summed E-state index contributed by atoms with van der Waals surface area (Å²) in [6, 6.07) is 9.01. The molecule has 3 aliphatic carbocycles. The Hall–Kier alpha value is -3.32. The van der Waals surface area contributed by atoms with E-state index in [2.05, 4.69) is 30.9 Å². The lowest BCUT2D eigenvalue weighted by Gasteiger charge is -2.39. The summed E-state index contributed by atoms with van der Waals surface area (Å²) >= 11 is 0. The third kappa shape index (κ3) is 4.52. The Bertz CT molecular complexity index is 1160. The van der Waals surface area contributed by atoms with Gasteiger partial charge in [0.05, 0.1) is 5.56 Å². The first-order valence-electron chi connectivity index (χ1n) is 12.4. The van der Waals surface area contributed by atoms with Crippen molar-refractivity contribution in [3.05, 3.63) is 83.0 Å². The molecule has 7 atom stereocenters. The van der Waals surface area contributed by atoms with Gasteiger partial charge in [-0.05, 0) is 70.6 Å². The molecule has 4 heteroatoms. The predicted molar refractivity (Wildman–Crippen MR) is 137 cm³/mol. The minimum atomic E-state index is -0.494. The molecule has 0 radical (unpaired) electrons. The normalized spacial score (nSPS) is 31.6. The molecule has 2 saturated carbocycles. The van der Waals surface area contributed by atoms with Gasteiger partial charge in [-0.3, -0.25) is 0 Å². The maximum atomic E-state index is 13.1. The van der Waals surface area contributed by atoms with Crippen LogP contribution in [0.5, 0.6) is 0 Å². The van der Waals surface area contributed by atoms with E-state index in [4.69, 9.17) is 9.47 Å². The number of benzene rings is 1. The Morgan fingerprint density at radius 2 is 1.74 bits per heavy atom. The summed E-state index contributed by atoms with van der Waals surface area (Å²) in [4.78, 5) is 26.1. The maximum Gasteiger partial charge on any atom is 0.338 e. The van der Waals surface area contributed by atoms with Crippen molar-refractivity contribution < 1.29 is 19.1 Å². The lowest BCUT2D eigenvalue weighted by Crippen LogP contribution is -2.47. The minimum Gasteiger partial charge on any atom is -0.455 e. The largest absolute Gasteiger partial charge is 0.455 e. The number of allylic oxidation sites excluding steroid dienone is 7. The topological polar surface area (TPSA) is 52.6 Å². The number of ether oxygens (including phenoxy) is 2. The number of carbonyl (C=O) groups is 2. The molecular formula is C31H34O4. The molecule has 182 valence electrons. The van der Waals surface area contributed by atoms with Crippen molar-refractivity contribution in [1.29, 1.82) is 0 Å². The third-order valence-corrected chi connectivity index (χ3v) is 7.76. The molecule has 1 aromatic rings. The van der Waals surface area contributed by atoms with Crippen molar-refractivity contribution >= 4 is 11.9 Å². The van der Waals surface area contributed by atoms with Crippen molar-refractivity contribution in [2.45, 2.75) is 53.2 Å². The zero-order valence-electron chi connectivity index (χ0n) is 21.2. The lowest BCUT2D eigenvalue weighted by molar-refractivity contribution is -0.157. The molecule has 35 heavy (non-hydrogen) atoms. The first-order chi connectivity index (χ1) is 16.9. The van der Waals surface area contributed by atoms with E-state index in [1.165, 1.54) is 11.1 Å². The van der Waals surface area contributed by atoms with Gasteiger partial charge in [0.25, 0.3) is 0 Å². The van der Waals surface area contributed by atoms with Crippen LogP contribution in [-0.2, 0) is 14.3 Å². The molecule has 2 bridgehead atoms.